The summed E-state index contributed by atoms with van der Waals surface area (Å²) >= 11 is 4.88. The van der Waals surface area contributed by atoms with E-state index in [-0.39, 0.29) is 17.6 Å². The van der Waals surface area contributed by atoms with E-state index >= 15 is 0 Å². The number of carbonyl (C=O) groups is 1. The molecule has 2 heterocycles. The van der Waals surface area contributed by atoms with Gasteiger partial charge in [0.05, 0.1) is 15.7 Å². The molecule has 0 atom stereocenters. The van der Waals surface area contributed by atoms with E-state index in [0.717, 1.165) is 39.6 Å². The number of H-pyrrole nitrogens is 1. The number of benzene rings is 2. The monoisotopic (exact) mass is 444 g/mol. The number of halogens is 2. The zero-order chi connectivity index (χ0) is 18.7. The third kappa shape index (κ3) is 2.83. The highest BCUT2D eigenvalue weighted by Gasteiger charge is 2.30. The number of anilines is 1. The lowest BCUT2D eigenvalue weighted by Gasteiger charge is -2.09. The van der Waals surface area contributed by atoms with Crippen molar-refractivity contribution in [3.8, 4) is 11.1 Å². The Morgan fingerprint density at radius 2 is 2.19 bits per heavy atom. The molecule has 0 radical (unpaired) electrons. The molecule has 5 nitrogen and oxygen atoms in total. The van der Waals surface area contributed by atoms with Gasteiger partial charge < -0.3 is 5.32 Å². The van der Waals surface area contributed by atoms with Crippen LogP contribution in [0.3, 0.4) is 0 Å². The summed E-state index contributed by atoms with van der Waals surface area (Å²) in [6.07, 6.45) is 1.91. The van der Waals surface area contributed by atoms with Crippen molar-refractivity contribution in [2.75, 3.05) is 5.32 Å². The van der Waals surface area contributed by atoms with Crippen molar-refractivity contribution < 1.29 is 9.18 Å². The first kappa shape index (κ1) is 16.8. The summed E-state index contributed by atoms with van der Waals surface area (Å²) in [7, 11) is 0. The largest absolute Gasteiger partial charge is 0.302 e. The highest BCUT2D eigenvalue weighted by Crippen LogP contribution is 2.39. The quantitative estimate of drug-likeness (QED) is 0.444. The summed E-state index contributed by atoms with van der Waals surface area (Å²) in [6.45, 7) is 1.77. The lowest BCUT2D eigenvalue weighted by atomic mass is 9.96. The number of rotatable bonds is 3. The first-order valence-corrected chi connectivity index (χ1v) is 10.2. The van der Waals surface area contributed by atoms with Crippen LogP contribution in [0.5, 0.6) is 0 Å². The maximum Gasteiger partial charge on any atom is 0.229 e. The number of amides is 1. The molecule has 0 saturated heterocycles. The van der Waals surface area contributed by atoms with Gasteiger partial charge in [-0.2, -0.15) is 5.10 Å². The van der Waals surface area contributed by atoms with E-state index in [0.29, 0.717) is 20.8 Å². The molecule has 0 unspecified atom stereocenters. The molecule has 27 heavy (non-hydrogen) atoms. The Bertz CT molecular complexity index is 1230. The second-order valence-corrected chi connectivity index (χ2v) is 8.54. The molecule has 0 aliphatic heterocycles. The highest BCUT2D eigenvalue weighted by molar-refractivity contribution is 9.10. The maximum absolute atomic E-state index is 14.4. The minimum atomic E-state index is -0.282. The molecule has 1 saturated carbocycles. The van der Waals surface area contributed by atoms with Gasteiger partial charge in [-0.1, -0.05) is 17.4 Å². The van der Waals surface area contributed by atoms with Crippen molar-refractivity contribution >= 4 is 59.4 Å². The van der Waals surface area contributed by atoms with E-state index < -0.39 is 0 Å². The Balaban J connectivity index is 1.63. The van der Waals surface area contributed by atoms with Gasteiger partial charge in [-0.15, -0.1) is 0 Å². The summed E-state index contributed by atoms with van der Waals surface area (Å²) < 4.78 is 16.0. The number of hydrogen-bond acceptors (Lipinski definition) is 4. The van der Waals surface area contributed by atoms with Gasteiger partial charge in [-0.3, -0.25) is 9.89 Å². The number of aromatic nitrogens is 3. The fourth-order valence-electron chi connectivity index (χ4n) is 3.26. The van der Waals surface area contributed by atoms with Gasteiger partial charge in [0.1, 0.15) is 10.4 Å². The van der Waals surface area contributed by atoms with Crippen molar-refractivity contribution in [2.24, 2.45) is 5.92 Å². The predicted octanol–water partition coefficient (Wildman–Crippen LogP) is 5.40. The SMILES string of the molecule is Cc1c(F)cc2[nH]nc(Br)c2c1-c1ccc2nc(NC(=O)C3CC3)sc2c1. The average Bonchev–Trinajstić information content (AvgIpc) is 3.33. The fraction of sp³-hybridized carbons (Fsp3) is 0.211. The van der Waals surface area contributed by atoms with Crippen LogP contribution in [0.1, 0.15) is 18.4 Å². The van der Waals surface area contributed by atoms with E-state index in [2.05, 4.69) is 36.4 Å². The Morgan fingerprint density at radius 3 is 2.96 bits per heavy atom. The van der Waals surface area contributed by atoms with Crippen molar-refractivity contribution in [1.82, 2.24) is 15.2 Å². The Morgan fingerprint density at radius 1 is 1.37 bits per heavy atom. The number of thiazole rings is 1. The smallest absolute Gasteiger partial charge is 0.229 e. The van der Waals surface area contributed by atoms with Crippen LogP contribution in [-0.2, 0) is 4.79 Å². The van der Waals surface area contributed by atoms with E-state index in [1.54, 1.807) is 6.92 Å². The summed E-state index contributed by atoms with van der Waals surface area (Å²) in [5, 5.41) is 11.3. The minimum absolute atomic E-state index is 0.0410. The zero-order valence-electron chi connectivity index (χ0n) is 14.3. The maximum atomic E-state index is 14.4. The van der Waals surface area contributed by atoms with Gasteiger partial charge >= 0.3 is 0 Å². The van der Waals surface area contributed by atoms with E-state index in [9.17, 15) is 9.18 Å². The van der Waals surface area contributed by atoms with Gasteiger partial charge in [-0.05, 0) is 70.6 Å². The zero-order valence-corrected chi connectivity index (χ0v) is 16.7. The van der Waals surface area contributed by atoms with Crippen molar-refractivity contribution in [3.63, 3.8) is 0 Å². The molecule has 2 aromatic carbocycles. The standard InChI is InChI=1S/C19H14BrFN4OS/c1-8-11(21)7-13-16(17(20)25-24-13)15(8)10-4-5-12-14(6-10)27-19(22-12)23-18(26)9-2-3-9/h4-7,9H,2-3H2,1H3,(H,24,25)(H,22,23,26). The van der Waals surface area contributed by atoms with E-state index in [1.165, 1.54) is 17.4 Å². The molecular weight excluding hydrogens is 431 g/mol. The molecule has 4 aromatic rings. The average molecular weight is 445 g/mol. The highest BCUT2D eigenvalue weighted by atomic mass is 79.9. The van der Waals surface area contributed by atoms with Crippen LogP contribution in [0.2, 0.25) is 0 Å². The molecule has 1 aliphatic carbocycles. The number of fused-ring (bicyclic) bond motifs is 2. The fourth-order valence-corrected chi connectivity index (χ4v) is 4.67. The molecule has 2 N–H and O–H groups in total. The van der Waals surface area contributed by atoms with E-state index in [4.69, 9.17) is 0 Å². The number of nitrogens with zero attached hydrogens (tertiary/aromatic N) is 2. The number of hydrogen-bond donors (Lipinski definition) is 2. The summed E-state index contributed by atoms with van der Waals surface area (Å²) in [4.78, 5) is 16.5. The minimum Gasteiger partial charge on any atom is -0.302 e. The topological polar surface area (TPSA) is 70.7 Å². The molecular formula is C19H14BrFN4OS. The van der Waals surface area contributed by atoms with Crippen LogP contribution in [0, 0.1) is 18.7 Å². The summed E-state index contributed by atoms with van der Waals surface area (Å²) in [5.74, 6) is -0.107. The van der Waals surface area contributed by atoms with Crippen LogP contribution in [-0.4, -0.2) is 21.1 Å². The molecule has 0 spiro atoms. The molecule has 136 valence electrons. The Labute approximate surface area is 166 Å². The molecule has 8 heteroatoms. The third-order valence-electron chi connectivity index (χ3n) is 4.86. The Hall–Kier alpha value is -2.32. The molecule has 1 amide bonds. The number of aromatic amines is 1. The van der Waals surface area contributed by atoms with Crippen LogP contribution in [0.25, 0.3) is 32.2 Å². The van der Waals surface area contributed by atoms with Gasteiger partial charge in [0.2, 0.25) is 5.91 Å². The molecule has 5 rings (SSSR count). The first-order chi connectivity index (χ1) is 13.0. The van der Waals surface area contributed by atoms with Crippen LogP contribution < -0.4 is 5.32 Å². The molecule has 2 aromatic heterocycles. The second kappa shape index (κ2) is 6.10. The van der Waals surface area contributed by atoms with Crippen molar-refractivity contribution in [3.05, 3.63) is 40.2 Å². The first-order valence-electron chi connectivity index (χ1n) is 8.56. The summed E-state index contributed by atoms with van der Waals surface area (Å²) in [5.41, 5.74) is 3.70. The van der Waals surface area contributed by atoms with Gasteiger partial charge in [0, 0.05) is 11.3 Å². The van der Waals surface area contributed by atoms with E-state index in [1.807, 2.05) is 18.2 Å². The van der Waals surface area contributed by atoms with Crippen molar-refractivity contribution in [1.29, 1.82) is 0 Å². The lowest BCUT2D eigenvalue weighted by molar-refractivity contribution is -0.117. The van der Waals surface area contributed by atoms with Gasteiger partial charge in [0.25, 0.3) is 0 Å². The molecule has 0 bridgehead atoms. The third-order valence-corrected chi connectivity index (χ3v) is 6.37. The Kier molecular flexibility index (Phi) is 3.80. The predicted molar refractivity (Wildman–Crippen MR) is 108 cm³/mol. The van der Waals surface area contributed by atoms with Crippen LogP contribution in [0.4, 0.5) is 9.52 Å². The molecule has 1 fully saturated rings. The number of nitrogens with one attached hydrogen (secondary N) is 2. The van der Waals surface area contributed by atoms with Crippen molar-refractivity contribution in [2.45, 2.75) is 19.8 Å². The van der Waals surface area contributed by atoms with Gasteiger partial charge in [-0.25, -0.2) is 9.37 Å². The second-order valence-electron chi connectivity index (χ2n) is 6.76. The van der Waals surface area contributed by atoms with Crippen LogP contribution in [0.15, 0.2) is 28.9 Å². The molecule has 1 aliphatic rings. The normalized spacial score (nSPS) is 14.2. The number of carbonyl (C=O) groups excluding carboxylic acids is 1. The summed E-state index contributed by atoms with van der Waals surface area (Å²) in [6, 6.07) is 7.27. The van der Waals surface area contributed by atoms with Crippen LogP contribution >= 0.6 is 27.3 Å². The lowest BCUT2D eigenvalue weighted by Crippen LogP contribution is -2.12. The van der Waals surface area contributed by atoms with Gasteiger partial charge in [0.15, 0.2) is 5.13 Å².